The fourth-order valence-corrected chi connectivity index (χ4v) is 3.96. The molecule has 1 aliphatic rings. The van der Waals surface area contributed by atoms with Crippen molar-refractivity contribution >= 4 is 16.0 Å². The molecule has 1 fully saturated rings. The highest BCUT2D eigenvalue weighted by atomic mass is 32.2. The van der Waals surface area contributed by atoms with Gasteiger partial charge in [0.15, 0.2) is 5.96 Å². The Kier molecular flexibility index (Phi) is 7.64. The van der Waals surface area contributed by atoms with Crippen molar-refractivity contribution in [3.05, 3.63) is 35.6 Å². The van der Waals surface area contributed by atoms with Crippen LogP contribution in [-0.2, 0) is 16.4 Å². The van der Waals surface area contributed by atoms with Crippen molar-refractivity contribution in [3.8, 4) is 0 Å². The maximum Gasteiger partial charge on any atom is 0.511 e. The molecule has 11 heteroatoms. The van der Waals surface area contributed by atoms with Gasteiger partial charge in [0.2, 0.25) is 0 Å². The van der Waals surface area contributed by atoms with Gasteiger partial charge in [-0.25, -0.2) is 12.8 Å². The summed E-state index contributed by atoms with van der Waals surface area (Å²) in [5.74, 6) is 0.263. The second kappa shape index (κ2) is 9.55. The Morgan fingerprint density at radius 3 is 2.43 bits per heavy atom. The summed E-state index contributed by atoms with van der Waals surface area (Å²) in [6, 6.07) is 6.48. The van der Waals surface area contributed by atoms with Gasteiger partial charge in [0, 0.05) is 33.2 Å². The lowest BCUT2D eigenvalue weighted by atomic mass is 9.98. The Morgan fingerprint density at radius 2 is 1.86 bits per heavy atom. The quantitative estimate of drug-likeness (QED) is 0.417. The molecule has 1 aromatic carbocycles. The molecule has 1 saturated heterocycles. The molecule has 0 atom stereocenters. The highest BCUT2D eigenvalue weighted by molar-refractivity contribution is 7.90. The van der Waals surface area contributed by atoms with Crippen molar-refractivity contribution in [2.24, 2.45) is 10.9 Å². The topological polar surface area (TPSA) is 73.8 Å². The Labute approximate surface area is 162 Å². The van der Waals surface area contributed by atoms with Gasteiger partial charge in [-0.1, -0.05) is 18.2 Å². The number of rotatable bonds is 6. The number of piperidine rings is 1. The predicted octanol–water partition coefficient (Wildman–Crippen LogP) is 2.09. The number of hydrogen-bond donors (Lipinski definition) is 2. The van der Waals surface area contributed by atoms with E-state index in [0.29, 0.717) is 48.2 Å². The Hall–Kier alpha value is -1.88. The van der Waals surface area contributed by atoms with Crippen LogP contribution in [0.4, 0.5) is 17.6 Å². The summed E-state index contributed by atoms with van der Waals surface area (Å²) < 4.78 is 74.7. The lowest BCUT2D eigenvalue weighted by Crippen LogP contribution is -2.47. The van der Waals surface area contributed by atoms with E-state index < -0.39 is 15.5 Å². The van der Waals surface area contributed by atoms with Gasteiger partial charge in [0.25, 0.3) is 0 Å². The van der Waals surface area contributed by atoms with E-state index in [1.165, 1.54) is 6.07 Å². The zero-order valence-electron chi connectivity index (χ0n) is 15.5. The number of guanidine groups is 1. The van der Waals surface area contributed by atoms with E-state index in [0.717, 1.165) is 0 Å². The van der Waals surface area contributed by atoms with Crippen molar-refractivity contribution in [2.45, 2.75) is 24.8 Å². The largest absolute Gasteiger partial charge is 0.511 e. The number of sulfonamides is 1. The highest BCUT2D eigenvalue weighted by Gasteiger charge is 2.50. The SMILES string of the molecule is CN=C(NCCc1ccccc1F)NCC1CCN(S(=O)(=O)C(F)(F)F)CC1. The molecule has 2 rings (SSSR count). The van der Waals surface area contributed by atoms with Crippen molar-refractivity contribution in [3.63, 3.8) is 0 Å². The second-order valence-electron chi connectivity index (χ2n) is 6.51. The average molecular weight is 424 g/mol. The van der Waals surface area contributed by atoms with Crippen LogP contribution in [0.15, 0.2) is 29.3 Å². The molecular formula is C17H24F4N4O2S. The molecule has 6 nitrogen and oxygen atoms in total. The maximum atomic E-state index is 13.6. The molecule has 0 bridgehead atoms. The first-order chi connectivity index (χ1) is 13.1. The predicted molar refractivity (Wildman–Crippen MR) is 98.7 cm³/mol. The van der Waals surface area contributed by atoms with Crippen LogP contribution < -0.4 is 10.6 Å². The van der Waals surface area contributed by atoms with Crippen molar-refractivity contribution in [1.82, 2.24) is 14.9 Å². The third-order valence-corrected chi connectivity index (χ3v) is 6.26. The minimum atomic E-state index is -5.26. The number of nitrogens with one attached hydrogen (secondary N) is 2. The fourth-order valence-electron chi connectivity index (χ4n) is 2.98. The van der Waals surface area contributed by atoms with Crippen LogP contribution in [0.5, 0.6) is 0 Å². The monoisotopic (exact) mass is 424 g/mol. The molecule has 2 N–H and O–H groups in total. The van der Waals surface area contributed by atoms with Gasteiger partial charge in [-0.3, -0.25) is 4.99 Å². The normalized spacial score (nSPS) is 17.5. The molecule has 1 aliphatic heterocycles. The number of halogens is 4. The van der Waals surface area contributed by atoms with Gasteiger partial charge in [-0.2, -0.15) is 17.5 Å². The Bertz CT molecular complexity index is 776. The molecule has 0 unspecified atom stereocenters. The number of benzene rings is 1. The van der Waals surface area contributed by atoms with E-state index >= 15 is 0 Å². The van der Waals surface area contributed by atoms with Crippen molar-refractivity contribution in [2.75, 3.05) is 33.2 Å². The molecule has 0 amide bonds. The third kappa shape index (κ3) is 5.81. The number of aliphatic imine (C=N–C) groups is 1. The van der Waals surface area contributed by atoms with Gasteiger partial charge in [-0.05, 0) is 36.8 Å². The van der Waals surface area contributed by atoms with Crippen LogP contribution in [0, 0.1) is 11.7 Å². The molecule has 0 radical (unpaired) electrons. The maximum absolute atomic E-state index is 13.6. The summed E-state index contributed by atoms with van der Waals surface area (Å²) in [4.78, 5) is 4.06. The van der Waals surface area contributed by atoms with E-state index in [-0.39, 0.29) is 24.8 Å². The standard InChI is InChI=1S/C17H24F4N4O2S/c1-22-16(23-9-6-14-4-2-3-5-15(14)18)24-12-13-7-10-25(11-8-13)28(26,27)17(19,20)21/h2-5,13H,6-12H2,1H3,(H2,22,23,24). The molecule has 28 heavy (non-hydrogen) atoms. The summed E-state index contributed by atoms with van der Waals surface area (Å²) in [6.45, 7) is 0.600. The van der Waals surface area contributed by atoms with Crippen molar-refractivity contribution < 1.29 is 26.0 Å². The summed E-state index contributed by atoms with van der Waals surface area (Å²) in [7, 11) is -3.67. The molecule has 158 valence electrons. The first-order valence-electron chi connectivity index (χ1n) is 8.89. The van der Waals surface area contributed by atoms with E-state index in [4.69, 9.17) is 0 Å². The summed E-state index contributed by atoms with van der Waals surface area (Å²) in [5.41, 5.74) is -4.67. The first-order valence-corrected chi connectivity index (χ1v) is 10.3. The Balaban J connectivity index is 1.74. The molecule has 0 aromatic heterocycles. The van der Waals surface area contributed by atoms with Crippen LogP contribution in [0.3, 0.4) is 0 Å². The van der Waals surface area contributed by atoms with Crippen LogP contribution in [0.25, 0.3) is 0 Å². The molecular weight excluding hydrogens is 400 g/mol. The highest BCUT2D eigenvalue weighted by Crippen LogP contribution is 2.30. The van der Waals surface area contributed by atoms with Crippen LogP contribution in [-0.4, -0.2) is 57.4 Å². The first kappa shape index (κ1) is 22.4. The van der Waals surface area contributed by atoms with E-state index in [1.54, 1.807) is 25.2 Å². The molecule has 0 spiro atoms. The zero-order chi connectivity index (χ0) is 20.8. The average Bonchev–Trinajstić information content (AvgIpc) is 2.65. The lowest BCUT2D eigenvalue weighted by Gasteiger charge is -2.31. The third-order valence-electron chi connectivity index (χ3n) is 4.63. The van der Waals surface area contributed by atoms with Gasteiger partial charge >= 0.3 is 15.5 Å². The van der Waals surface area contributed by atoms with Crippen LogP contribution in [0.2, 0.25) is 0 Å². The summed E-state index contributed by atoms with van der Waals surface area (Å²) >= 11 is 0. The second-order valence-corrected chi connectivity index (χ2v) is 8.44. The molecule has 1 aromatic rings. The minimum Gasteiger partial charge on any atom is -0.356 e. The number of alkyl halides is 3. The Morgan fingerprint density at radius 1 is 1.21 bits per heavy atom. The van der Waals surface area contributed by atoms with E-state index in [1.807, 2.05) is 0 Å². The lowest BCUT2D eigenvalue weighted by molar-refractivity contribution is -0.0496. The number of hydrogen-bond acceptors (Lipinski definition) is 3. The van der Waals surface area contributed by atoms with Crippen molar-refractivity contribution in [1.29, 1.82) is 0 Å². The smallest absolute Gasteiger partial charge is 0.356 e. The number of nitrogens with zero attached hydrogens (tertiary/aromatic N) is 2. The zero-order valence-corrected chi connectivity index (χ0v) is 16.3. The van der Waals surface area contributed by atoms with Gasteiger partial charge in [-0.15, -0.1) is 0 Å². The van der Waals surface area contributed by atoms with Crippen LogP contribution >= 0.6 is 0 Å². The van der Waals surface area contributed by atoms with Crippen LogP contribution in [0.1, 0.15) is 18.4 Å². The molecule has 0 saturated carbocycles. The van der Waals surface area contributed by atoms with E-state index in [9.17, 15) is 26.0 Å². The minimum absolute atomic E-state index is 0.0322. The summed E-state index contributed by atoms with van der Waals surface area (Å²) in [6.07, 6.45) is 1.13. The fraction of sp³-hybridized carbons (Fsp3) is 0.588. The van der Waals surface area contributed by atoms with Gasteiger partial charge < -0.3 is 10.6 Å². The van der Waals surface area contributed by atoms with E-state index in [2.05, 4.69) is 15.6 Å². The molecule has 0 aliphatic carbocycles. The van der Waals surface area contributed by atoms with Gasteiger partial charge in [0.1, 0.15) is 5.82 Å². The summed E-state index contributed by atoms with van der Waals surface area (Å²) in [5, 5.41) is 6.13. The van der Waals surface area contributed by atoms with Gasteiger partial charge in [0.05, 0.1) is 0 Å². The molecule has 1 heterocycles.